The third-order valence-electron chi connectivity index (χ3n) is 3.69. The highest BCUT2D eigenvalue weighted by Crippen LogP contribution is 2.29. The summed E-state index contributed by atoms with van der Waals surface area (Å²) in [6.45, 7) is 2.03. The molecule has 3 aromatic rings. The Bertz CT molecular complexity index is 904. The number of benzene rings is 1. The van der Waals surface area contributed by atoms with E-state index in [0.717, 1.165) is 16.7 Å². The lowest BCUT2D eigenvalue weighted by Crippen LogP contribution is -2.22. The van der Waals surface area contributed by atoms with Crippen LogP contribution in [0.1, 0.15) is 5.56 Å². The average Bonchev–Trinajstić information content (AvgIpc) is 2.58. The Morgan fingerprint density at radius 3 is 2.48 bits per heavy atom. The summed E-state index contributed by atoms with van der Waals surface area (Å²) in [7, 11) is 1.76. The van der Waals surface area contributed by atoms with E-state index >= 15 is 0 Å². The van der Waals surface area contributed by atoms with Crippen molar-refractivity contribution in [1.29, 1.82) is 0 Å². The average molecular weight is 323 g/mol. The van der Waals surface area contributed by atoms with Gasteiger partial charge in [0.25, 0.3) is 5.56 Å². The molecule has 0 aliphatic rings. The Balaban J connectivity index is 2.37. The van der Waals surface area contributed by atoms with E-state index in [4.69, 9.17) is 4.98 Å². The van der Waals surface area contributed by atoms with Gasteiger partial charge in [0, 0.05) is 25.0 Å². The van der Waals surface area contributed by atoms with Crippen LogP contribution < -0.4 is 5.56 Å². The van der Waals surface area contributed by atoms with Gasteiger partial charge in [-0.05, 0) is 36.9 Å². The van der Waals surface area contributed by atoms with Crippen LogP contribution in [-0.4, -0.2) is 20.8 Å². The van der Waals surface area contributed by atoms with E-state index in [2.05, 4.69) is 11.1 Å². The maximum absolute atomic E-state index is 12.9. The van der Waals surface area contributed by atoms with Gasteiger partial charge in [0.15, 0.2) is 5.16 Å². The van der Waals surface area contributed by atoms with Gasteiger partial charge in [0.2, 0.25) is 0 Å². The molecule has 4 nitrogen and oxygen atoms in total. The van der Waals surface area contributed by atoms with Crippen LogP contribution >= 0.6 is 11.8 Å². The van der Waals surface area contributed by atoms with Crippen molar-refractivity contribution in [2.24, 2.45) is 7.05 Å². The number of rotatable bonds is 3. The monoisotopic (exact) mass is 323 g/mol. The predicted molar refractivity (Wildman–Crippen MR) is 94.7 cm³/mol. The van der Waals surface area contributed by atoms with Crippen LogP contribution in [0.4, 0.5) is 0 Å². The molecule has 0 unspecified atom stereocenters. The molecule has 0 aliphatic heterocycles. The smallest absolute Gasteiger partial charge is 0.262 e. The van der Waals surface area contributed by atoms with Gasteiger partial charge in [-0.15, -0.1) is 0 Å². The zero-order chi connectivity index (χ0) is 16.4. The highest BCUT2D eigenvalue weighted by molar-refractivity contribution is 7.98. The van der Waals surface area contributed by atoms with Crippen LogP contribution in [0.5, 0.6) is 0 Å². The lowest BCUT2D eigenvalue weighted by molar-refractivity contribution is 0.715. The van der Waals surface area contributed by atoms with E-state index in [1.165, 1.54) is 11.8 Å². The molecule has 0 spiro atoms. The summed E-state index contributed by atoms with van der Waals surface area (Å²) in [4.78, 5) is 21.7. The second-order valence-corrected chi connectivity index (χ2v) is 6.07. The summed E-state index contributed by atoms with van der Waals surface area (Å²) >= 11 is 1.47. The molecule has 0 amide bonds. The van der Waals surface area contributed by atoms with Gasteiger partial charge in [-0.25, -0.2) is 4.98 Å². The molecule has 0 atom stereocenters. The van der Waals surface area contributed by atoms with Crippen molar-refractivity contribution >= 4 is 11.8 Å². The van der Waals surface area contributed by atoms with Gasteiger partial charge < -0.3 is 0 Å². The first-order valence-electron chi connectivity index (χ1n) is 7.24. The topological polar surface area (TPSA) is 47.8 Å². The second-order valence-electron chi connectivity index (χ2n) is 5.29. The predicted octanol–water partition coefficient (Wildman–Crippen LogP) is 3.54. The van der Waals surface area contributed by atoms with Gasteiger partial charge in [-0.1, -0.05) is 35.5 Å². The first-order valence-corrected chi connectivity index (χ1v) is 8.46. The van der Waals surface area contributed by atoms with Crippen molar-refractivity contribution in [3.63, 3.8) is 0 Å². The molecule has 2 aromatic heterocycles. The number of hydrogen-bond acceptors (Lipinski definition) is 4. The Kier molecular flexibility index (Phi) is 4.30. The molecule has 1 aromatic carbocycles. The summed E-state index contributed by atoms with van der Waals surface area (Å²) in [6, 6.07) is 11.7. The Labute approximate surface area is 139 Å². The number of hydrogen-bond donors (Lipinski definition) is 0. The third-order valence-corrected chi connectivity index (χ3v) is 4.42. The van der Waals surface area contributed by atoms with Gasteiger partial charge in [-0.3, -0.25) is 14.3 Å². The molecule has 116 valence electrons. The van der Waals surface area contributed by atoms with E-state index in [-0.39, 0.29) is 5.56 Å². The summed E-state index contributed by atoms with van der Waals surface area (Å²) < 4.78 is 1.60. The van der Waals surface area contributed by atoms with Crippen molar-refractivity contribution in [1.82, 2.24) is 14.5 Å². The molecular weight excluding hydrogens is 306 g/mol. The maximum Gasteiger partial charge on any atom is 0.262 e. The molecule has 23 heavy (non-hydrogen) atoms. The molecule has 0 N–H and O–H groups in total. The molecule has 5 heteroatoms. The highest BCUT2D eigenvalue weighted by Gasteiger charge is 2.17. The number of aryl methyl sites for hydroxylation is 1. The van der Waals surface area contributed by atoms with Gasteiger partial charge >= 0.3 is 0 Å². The Morgan fingerprint density at radius 1 is 1.09 bits per heavy atom. The Hall–Kier alpha value is -2.40. The molecule has 3 rings (SSSR count). The number of pyridine rings is 1. The zero-order valence-electron chi connectivity index (χ0n) is 13.3. The maximum atomic E-state index is 12.9. The molecule has 0 bridgehead atoms. The molecule has 0 aliphatic carbocycles. The van der Waals surface area contributed by atoms with E-state index in [1.54, 1.807) is 24.0 Å². The fourth-order valence-corrected chi connectivity index (χ4v) is 3.08. The minimum absolute atomic E-state index is 0.0490. The van der Waals surface area contributed by atoms with E-state index in [1.807, 2.05) is 43.5 Å². The van der Waals surface area contributed by atoms with Crippen molar-refractivity contribution < 1.29 is 0 Å². The van der Waals surface area contributed by atoms with Crippen LogP contribution in [0, 0.1) is 6.92 Å². The van der Waals surface area contributed by atoms with Crippen LogP contribution in [0.3, 0.4) is 0 Å². The number of aromatic nitrogens is 3. The zero-order valence-corrected chi connectivity index (χ0v) is 14.1. The summed E-state index contributed by atoms with van der Waals surface area (Å²) in [5, 5.41) is 0.698. The number of nitrogens with zero attached hydrogens (tertiary/aromatic N) is 3. The second kappa shape index (κ2) is 6.38. The molecular formula is C18H17N3OS. The van der Waals surface area contributed by atoms with Crippen LogP contribution in [0.25, 0.3) is 22.4 Å². The van der Waals surface area contributed by atoms with Crippen LogP contribution in [0.15, 0.2) is 58.7 Å². The number of thioether (sulfide) groups is 1. The quantitative estimate of drug-likeness (QED) is 0.546. The Morgan fingerprint density at radius 2 is 1.83 bits per heavy atom. The lowest BCUT2D eigenvalue weighted by atomic mass is 10.0. The fraction of sp³-hybridized carbons (Fsp3) is 0.167. The highest BCUT2D eigenvalue weighted by atomic mass is 32.2. The molecule has 0 saturated heterocycles. The normalized spacial score (nSPS) is 10.7. The van der Waals surface area contributed by atoms with E-state index in [9.17, 15) is 4.79 Å². The SMILES string of the molecule is CSc1nc(-c2cccc(C)c2)c(-c2ccncc2)c(=O)n1C. The van der Waals surface area contributed by atoms with E-state index < -0.39 is 0 Å². The van der Waals surface area contributed by atoms with E-state index in [0.29, 0.717) is 16.4 Å². The molecule has 0 fully saturated rings. The van der Waals surface area contributed by atoms with Gasteiger partial charge in [0.1, 0.15) is 0 Å². The molecule has 0 radical (unpaired) electrons. The first kappa shape index (κ1) is 15.5. The standard InChI is InChI=1S/C18H17N3OS/c1-12-5-4-6-14(11-12)16-15(13-7-9-19-10-8-13)17(22)21(2)18(20-16)23-3/h4-11H,1-3H3. The van der Waals surface area contributed by atoms with Crippen molar-refractivity contribution in [2.75, 3.05) is 6.26 Å². The summed E-state index contributed by atoms with van der Waals surface area (Å²) in [5.41, 5.74) is 4.19. The summed E-state index contributed by atoms with van der Waals surface area (Å²) in [6.07, 6.45) is 5.31. The largest absolute Gasteiger partial charge is 0.290 e. The van der Waals surface area contributed by atoms with Crippen molar-refractivity contribution in [2.45, 2.75) is 12.1 Å². The third kappa shape index (κ3) is 2.92. The van der Waals surface area contributed by atoms with Crippen LogP contribution in [0.2, 0.25) is 0 Å². The van der Waals surface area contributed by atoms with Gasteiger partial charge in [-0.2, -0.15) is 0 Å². The molecule has 0 saturated carbocycles. The lowest BCUT2D eigenvalue weighted by Gasteiger charge is -2.14. The fourth-order valence-electron chi connectivity index (χ4n) is 2.55. The van der Waals surface area contributed by atoms with Crippen molar-refractivity contribution in [3.05, 3.63) is 64.7 Å². The van der Waals surface area contributed by atoms with Gasteiger partial charge in [0.05, 0.1) is 11.3 Å². The summed E-state index contributed by atoms with van der Waals surface area (Å²) in [5.74, 6) is 0. The molecule has 2 heterocycles. The minimum Gasteiger partial charge on any atom is -0.290 e. The minimum atomic E-state index is -0.0490. The van der Waals surface area contributed by atoms with Crippen LogP contribution in [-0.2, 0) is 7.05 Å². The van der Waals surface area contributed by atoms with Crippen molar-refractivity contribution in [3.8, 4) is 22.4 Å². The first-order chi connectivity index (χ1) is 11.1.